The quantitative estimate of drug-likeness (QED) is 0.740. The van der Waals surface area contributed by atoms with Crippen molar-refractivity contribution in [3.8, 4) is 5.75 Å². The van der Waals surface area contributed by atoms with Gasteiger partial charge in [0.05, 0.1) is 18.2 Å². The molecule has 0 amide bonds. The summed E-state index contributed by atoms with van der Waals surface area (Å²) in [5.74, 6) is 0.927. The molecule has 0 aliphatic carbocycles. The predicted molar refractivity (Wildman–Crippen MR) is 78.6 cm³/mol. The van der Waals surface area contributed by atoms with E-state index in [4.69, 9.17) is 14.2 Å². The third-order valence-electron chi connectivity index (χ3n) is 3.28. The molecule has 1 aromatic rings. The van der Waals surface area contributed by atoms with E-state index in [1.54, 1.807) is 7.11 Å². The maximum absolute atomic E-state index is 5.73. The van der Waals surface area contributed by atoms with E-state index in [1.807, 2.05) is 12.1 Å². The molecule has 1 aliphatic rings. The van der Waals surface area contributed by atoms with Gasteiger partial charge in [-0.25, -0.2) is 0 Å². The van der Waals surface area contributed by atoms with Crippen LogP contribution in [0.4, 0.5) is 0 Å². The number of hydrogen-bond donors (Lipinski definition) is 0. The Morgan fingerprint density at radius 3 is 3.00 bits per heavy atom. The van der Waals surface area contributed by atoms with Crippen LogP contribution >= 0.6 is 15.9 Å². The van der Waals surface area contributed by atoms with Crippen LogP contribution in [0.25, 0.3) is 0 Å². The number of benzene rings is 1. The second-order valence-corrected chi connectivity index (χ2v) is 5.56. The van der Waals surface area contributed by atoms with Gasteiger partial charge >= 0.3 is 0 Å². The highest BCUT2D eigenvalue weighted by molar-refractivity contribution is 9.10. The molecule has 4 heteroatoms. The van der Waals surface area contributed by atoms with E-state index >= 15 is 0 Å². The van der Waals surface area contributed by atoms with Gasteiger partial charge in [0.25, 0.3) is 0 Å². The smallest absolute Gasteiger partial charge is 0.157 e. The van der Waals surface area contributed by atoms with Gasteiger partial charge in [-0.15, -0.1) is 0 Å². The van der Waals surface area contributed by atoms with Crippen molar-refractivity contribution in [2.75, 3.05) is 20.3 Å². The lowest BCUT2D eigenvalue weighted by atomic mass is 10.1. The number of rotatable bonds is 6. The van der Waals surface area contributed by atoms with Crippen molar-refractivity contribution in [1.29, 1.82) is 0 Å². The fraction of sp³-hybridized carbons (Fsp3) is 0.600. The summed E-state index contributed by atoms with van der Waals surface area (Å²) in [7, 11) is 1.70. The molecule has 0 N–H and O–H groups in total. The van der Waals surface area contributed by atoms with Gasteiger partial charge in [-0.2, -0.15) is 0 Å². The van der Waals surface area contributed by atoms with E-state index in [-0.39, 0.29) is 6.29 Å². The van der Waals surface area contributed by atoms with Crippen LogP contribution in [-0.2, 0) is 15.9 Å². The molecule has 0 spiro atoms. The Morgan fingerprint density at radius 2 is 2.26 bits per heavy atom. The van der Waals surface area contributed by atoms with Crippen molar-refractivity contribution in [3.63, 3.8) is 0 Å². The lowest BCUT2D eigenvalue weighted by Crippen LogP contribution is -2.22. The maximum Gasteiger partial charge on any atom is 0.157 e. The molecule has 1 atom stereocenters. The van der Waals surface area contributed by atoms with E-state index in [0.29, 0.717) is 0 Å². The zero-order valence-corrected chi connectivity index (χ0v) is 12.9. The second kappa shape index (κ2) is 7.88. The van der Waals surface area contributed by atoms with Crippen LogP contribution < -0.4 is 4.74 Å². The summed E-state index contributed by atoms with van der Waals surface area (Å²) >= 11 is 3.50. The zero-order chi connectivity index (χ0) is 13.5. The average Bonchev–Trinajstić information content (AvgIpc) is 2.45. The van der Waals surface area contributed by atoms with Crippen molar-refractivity contribution >= 4 is 15.9 Å². The maximum atomic E-state index is 5.73. The molecular weight excluding hydrogens is 308 g/mol. The van der Waals surface area contributed by atoms with Crippen LogP contribution in [0.15, 0.2) is 22.7 Å². The second-order valence-electron chi connectivity index (χ2n) is 4.70. The van der Waals surface area contributed by atoms with Crippen LogP contribution in [0.5, 0.6) is 5.75 Å². The molecule has 0 radical (unpaired) electrons. The Balaban J connectivity index is 1.74. The summed E-state index contributed by atoms with van der Waals surface area (Å²) in [6.07, 6.45) is 5.35. The van der Waals surface area contributed by atoms with E-state index in [0.717, 1.165) is 49.1 Å². The molecule has 1 saturated heterocycles. The van der Waals surface area contributed by atoms with Gasteiger partial charge in [-0.3, -0.25) is 0 Å². The summed E-state index contributed by atoms with van der Waals surface area (Å²) in [5.41, 5.74) is 1.21. The average molecular weight is 329 g/mol. The summed E-state index contributed by atoms with van der Waals surface area (Å²) in [6.45, 7) is 1.57. The highest BCUT2D eigenvalue weighted by Gasteiger charge is 2.13. The van der Waals surface area contributed by atoms with Crippen LogP contribution in [0, 0.1) is 0 Å². The summed E-state index contributed by atoms with van der Waals surface area (Å²) in [6, 6.07) is 6.13. The minimum Gasteiger partial charge on any atom is -0.495 e. The van der Waals surface area contributed by atoms with Crippen molar-refractivity contribution in [3.05, 3.63) is 28.2 Å². The summed E-state index contributed by atoms with van der Waals surface area (Å²) in [4.78, 5) is 0. The van der Waals surface area contributed by atoms with Crippen LogP contribution in [0.3, 0.4) is 0 Å². The minimum atomic E-state index is 0.0122. The topological polar surface area (TPSA) is 27.7 Å². The largest absolute Gasteiger partial charge is 0.495 e. The standard InChI is InChI=1S/C15H21BrO3/c1-17-15-12(6-4-8-13(15)16)7-5-11-19-14-9-2-3-10-18-14/h4,6,8,14H,2-3,5,7,9-11H2,1H3. The minimum absolute atomic E-state index is 0.0122. The molecule has 3 nitrogen and oxygen atoms in total. The fourth-order valence-corrected chi connectivity index (χ4v) is 2.87. The SMILES string of the molecule is COc1c(Br)cccc1CCCOC1CCCCO1. The van der Waals surface area contributed by atoms with Crippen molar-refractivity contribution in [1.82, 2.24) is 0 Å². The van der Waals surface area contributed by atoms with Gasteiger partial charge < -0.3 is 14.2 Å². The molecule has 1 aromatic carbocycles. The first kappa shape index (κ1) is 14.8. The zero-order valence-electron chi connectivity index (χ0n) is 11.4. The Labute approximate surface area is 123 Å². The van der Waals surface area contributed by atoms with Gasteiger partial charge in [0.2, 0.25) is 0 Å². The van der Waals surface area contributed by atoms with Gasteiger partial charge in [-0.1, -0.05) is 12.1 Å². The molecule has 1 fully saturated rings. The van der Waals surface area contributed by atoms with Crippen LogP contribution in [0.2, 0.25) is 0 Å². The molecule has 0 aromatic heterocycles. The van der Waals surface area contributed by atoms with Gasteiger partial charge in [0.15, 0.2) is 6.29 Å². The first-order chi connectivity index (χ1) is 9.31. The monoisotopic (exact) mass is 328 g/mol. The summed E-state index contributed by atoms with van der Waals surface area (Å²) < 4.78 is 17.7. The fourth-order valence-electron chi connectivity index (χ4n) is 2.30. The van der Waals surface area contributed by atoms with E-state index in [1.165, 1.54) is 12.0 Å². The number of methoxy groups -OCH3 is 1. The molecule has 1 heterocycles. The molecule has 106 valence electrons. The molecular formula is C15H21BrO3. The first-order valence-electron chi connectivity index (χ1n) is 6.86. The summed E-state index contributed by atoms with van der Waals surface area (Å²) in [5, 5.41) is 0. The first-order valence-corrected chi connectivity index (χ1v) is 7.65. The molecule has 1 aliphatic heterocycles. The Bertz CT molecular complexity index is 389. The third kappa shape index (κ3) is 4.48. The van der Waals surface area contributed by atoms with E-state index < -0.39 is 0 Å². The molecule has 19 heavy (non-hydrogen) atoms. The van der Waals surface area contributed by atoms with Gasteiger partial charge in [0.1, 0.15) is 5.75 Å². The Hall–Kier alpha value is -0.580. The normalized spacial score (nSPS) is 19.4. The third-order valence-corrected chi connectivity index (χ3v) is 3.91. The van der Waals surface area contributed by atoms with Crippen molar-refractivity contribution < 1.29 is 14.2 Å². The highest BCUT2D eigenvalue weighted by Crippen LogP contribution is 2.29. The number of para-hydroxylation sites is 1. The lowest BCUT2D eigenvalue weighted by molar-refractivity contribution is -0.162. The number of ether oxygens (including phenoxy) is 3. The van der Waals surface area contributed by atoms with Crippen LogP contribution in [0.1, 0.15) is 31.2 Å². The number of halogens is 1. The Kier molecular flexibility index (Phi) is 6.14. The Morgan fingerprint density at radius 1 is 1.37 bits per heavy atom. The van der Waals surface area contributed by atoms with E-state index in [9.17, 15) is 0 Å². The molecule has 0 bridgehead atoms. The number of aryl methyl sites for hydroxylation is 1. The predicted octanol–water partition coefficient (Wildman–Crippen LogP) is 3.93. The van der Waals surface area contributed by atoms with Crippen molar-refractivity contribution in [2.24, 2.45) is 0 Å². The van der Waals surface area contributed by atoms with Gasteiger partial charge in [0, 0.05) is 6.61 Å². The molecule has 1 unspecified atom stereocenters. The number of hydrogen-bond acceptors (Lipinski definition) is 3. The van der Waals surface area contributed by atoms with Crippen LogP contribution in [-0.4, -0.2) is 26.6 Å². The molecule has 2 rings (SSSR count). The highest BCUT2D eigenvalue weighted by atomic mass is 79.9. The van der Waals surface area contributed by atoms with E-state index in [2.05, 4.69) is 22.0 Å². The van der Waals surface area contributed by atoms with Crippen molar-refractivity contribution in [2.45, 2.75) is 38.4 Å². The lowest BCUT2D eigenvalue weighted by Gasteiger charge is -2.22. The van der Waals surface area contributed by atoms with Gasteiger partial charge in [-0.05, 0) is 59.7 Å². The molecule has 0 saturated carbocycles.